The molecule has 1 aliphatic rings. The number of aromatic nitrogens is 1. The minimum atomic E-state index is 0.454. The van der Waals surface area contributed by atoms with Crippen LogP contribution in [0, 0.1) is 5.92 Å². The Labute approximate surface area is 128 Å². The van der Waals surface area contributed by atoms with Crippen LogP contribution in [0.2, 0.25) is 0 Å². The highest BCUT2D eigenvalue weighted by Gasteiger charge is 2.28. The van der Waals surface area contributed by atoms with Crippen LogP contribution in [0.25, 0.3) is 0 Å². The van der Waals surface area contributed by atoms with Crippen LogP contribution in [0.3, 0.4) is 0 Å². The molecular formula is C17H29N3O. The Hall–Kier alpha value is -1.13. The molecule has 0 aromatic carbocycles. The van der Waals surface area contributed by atoms with Crippen molar-refractivity contribution in [3.8, 4) is 5.88 Å². The van der Waals surface area contributed by atoms with Crippen molar-refractivity contribution in [2.24, 2.45) is 5.92 Å². The van der Waals surface area contributed by atoms with Gasteiger partial charge in [0.1, 0.15) is 0 Å². The molecule has 2 rings (SSSR count). The number of pyridine rings is 1. The monoisotopic (exact) mass is 291 g/mol. The molecule has 1 saturated heterocycles. The van der Waals surface area contributed by atoms with Crippen LogP contribution in [0.4, 0.5) is 0 Å². The third-order valence-corrected chi connectivity index (χ3v) is 4.40. The van der Waals surface area contributed by atoms with Crippen molar-refractivity contribution in [3.05, 3.63) is 23.9 Å². The maximum Gasteiger partial charge on any atom is 0.212 e. The predicted molar refractivity (Wildman–Crippen MR) is 86.7 cm³/mol. The second-order valence-corrected chi connectivity index (χ2v) is 6.02. The number of likely N-dealkylation sites (tertiary alicyclic amines) is 1. The van der Waals surface area contributed by atoms with Crippen molar-refractivity contribution >= 4 is 0 Å². The Balaban J connectivity index is 2.14. The molecule has 0 bridgehead atoms. The summed E-state index contributed by atoms with van der Waals surface area (Å²) in [5.74, 6) is 1.34. The lowest BCUT2D eigenvalue weighted by atomic mass is 9.90. The molecule has 4 nitrogen and oxygen atoms in total. The smallest absolute Gasteiger partial charge is 0.212 e. The first kappa shape index (κ1) is 16.2. The fourth-order valence-corrected chi connectivity index (χ4v) is 3.32. The van der Waals surface area contributed by atoms with Gasteiger partial charge in [-0.15, -0.1) is 0 Å². The van der Waals surface area contributed by atoms with Crippen molar-refractivity contribution in [1.29, 1.82) is 0 Å². The highest BCUT2D eigenvalue weighted by molar-refractivity contribution is 5.22. The van der Waals surface area contributed by atoms with E-state index in [0.29, 0.717) is 17.8 Å². The zero-order valence-electron chi connectivity index (χ0n) is 13.6. The Bertz CT molecular complexity index is 407. The van der Waals surface area contributed by atoms with Crippen LogP contribution >= 0.6 is 0 Å². The molecule has 21 heavy (non-hydrogen) atoms. The van der Waals surface area contributed by atoms with Crippen molar-refractivity contribution in [2.45, 2.75) is 38.6 Å². The van der Waals surface area contributed by atoms with Crippen LogP contribution in [0.5, 0.6) is 5.88 Å². The lowest BCUT2D eigenvalue weighted by Gasteiger charge is -2.33. The van der Waals surface area contributed by atoms with Gasteiger partial charge in [-0.05, 0) is 57.4 Å². The normalized spacial score (nSPS) is 23.8. The minimum absolute atomic E-state index is 0.454. The van der Waals surface area contributed by atoms with E-state index in [0.717, 1.165) is 13.1 Å². The summed E-state index contributed by atoms with van der Waals surface area (Å²) in [7, 11) is 3.91. The summed E-state index contributed by atoms with van der Waals surface area (Å²) in [6, 6.07) is 4.60. The van der Waals surface area contributed by atoms with Gasteiger partial charge in [0, 0.05) is 18.3 Å². The van der Waals surface area contributed by atoms with Gasteiger partial charge < -0.3 is 10.1 Å². The van der Waals surface area contributed by atoms with E-state index in [2.05, 4.69) is 35.2 Å². The second kappa shape index (κ2) is 8.35. The number of ether oxygens (including phenoxy) is 1. The quantitative estimate of drug-likeness (QED) is 0.818. The molecular weight excluding hydrogens is 262 g/mol. The van der Waals surface area contributed by atoms with Crippen LogP contribution in [-0.4, -0.2) is 43.7 Å². The zero-order valence-corrected chi connectivity index (χ0v) is 13.6. The molecule has 2 unspecified atom stereocenters. The van der Waals surface area contributed by atoms with Gasteiger partial charge in [-0.25, -0.2) is 4.98 Å². The molecule has 118 valence electrons. The Kier molecular flexibility index (Phi) is 6.46. The molecule has 1 aromatic heterocycles. The molecule has 2 atom stereocenters. The highest BCUT2D eigenvalue weighted by atomic mass is 16.5. The van der Waals surface area contributed by atoms with Crippen LogP contribution in [-0.2, 0) is 0 Å². The Morgan fingerprint density at radius 2 is 2.24 bits per heavy atom. The van der Waals surface area contributed by atoms with Crippen LogP contribution in [0.15, 0.2) is 18.3 Å². The summed E-state index contributed by atoms with van der Waals surface area (Å²) >= 11 is 0. The molecule has 0 aliphatic carbocycles. The molecule has 1 aliphatic heterocycles. The van der Waals surface area contributed by atoms with E-state index in [1.54, 1.807) is 7.11 Å². The van der Waals surface area contributed by atoms with E-state index < -0.39 is 0 Å². The van der Waals surface area contributed by atoms with Gasteiger partial charge in [0.2, 0.25) is 5.88 Å². The van der Waals surface area contributed by atoms with Gasteiger partial charge in [0.05, 0.1) is 7.11 Å². The predicted octanol–water partition coefficient (Wildman–Crippen LogP) is 2.86. The Morgan fingerprint density at radius 1 is 1.38 bits per heavy atom. The highest BCUT2D eigenvalue weighted by Crippen LogP contribution is 2.34. The molecule has 0 saturated carbocycles. The maximum atomic E-state index is 5.18. The minimum Gasteiger partial charge on any atom is -0.481 e. The summed E-state index contributed by atoms with van der Waals surface area (Å²) in [5.41, 5.74) is 1.31. The first-order valence-electron chi connectivity index (χ1n) is 8.17. The summed E-state index contributed by atoms with van der Waals surface area (Å²) < 4.78 is 5.18. The van der Waals surface area contributed by atoms with Gasteiger partial charge in [-0.3, -0.25) is 4.90 Å². The Morgan fingerprint density at radius 3 is 2.90 bits per heavy atom. The average molecular weight is 291 g/mol. The molecule has 1 N–H and O–H groups in total. The van der Waals surface area contributed by atoms with E-state index in [1.165, 1.54) is 37.8 Å². The topological polar surface area (TPSA) is 37.4 Å². The average Bonchev–Trinajstić information content (AvgIpc) is 2.69. The fourth-order valence-electron chi connectivity index (χ4n) is 3.32. The van der Waals surface area contributed by atoms with Gasteiger partial charge in [-0.1, -0.05) is 19.4 Å². The lowest BCUT2D eigenvalue weighted by molar-refractivity contribution is 0.188. The molecule has 0 radical (unpaired) electrons. The summed E-state index contributed by atoms with van der Waals surface area (Å²) in [4.78, 5) is 6.89. The molecule has 4 heteroatoms. The molecule has 0 amide bonds. The standard InChI is InChI=1S/C17H29N3O/c1-4-10-18-12-14-7-5-6-11-20(2)17(14)15-8-9-16(21-3)19-13-15/h8-9,13-14,17-18H,4-7,10-12H2,1-3H3. The second-order valence-electron chi connectivity index (χ2n) is 6.02. The first-order chi connectivity index (χ1) is 10.3. The number of nitrogens with one attached hydrogen (secondary N) is 1. The molecule has 1 fully saturated rings. The lowest BCUT2D eigenvalue weighted by Crippen LogP contribution is -2.35. The van der Waals surface area contributed by atoms with Gasteiger partial charge in [-0.2, -0.15) is 0 Å². The zero-order chi connectivity index (χ0) is 15.1. The van der Waals surface area contributed by atoms with Crippen LogP contribution < -0.4 is 10.1 Å². The SMILES string of the molecule is CCCNCC1CCCCN(C)C1c1ccc(OC)nc1. The fraction of sp³-hybridized carbons (Fsp3) is 0.706. The van der Waals surface area contributed by atoms with E-state index in [4.69, 9.17) is 4.74 Å². The number of hydrogen-bond acceptors (Lipinski definition) is 4. The van der Waals surface area contributed by atoms with E-state index in [1.807, 2.05) is 12.3 Å². The van der Waals surface area contributed by atoms with E-state index in [9.17, 15) is 0 Å². The van der Waals surface area contributed by atoms with Crippen molar-refractivity contribution < 1.29 is 4.74 Å². The van der Waals surface area contributed by atoms with Crippen molar-refractivity contribution in [1.82, 2.24) is 15.2 Å². The molecule has 2 heterocycles. The van der Waals surface area contributed by atoms with E-state index >= 15 is 0 Å². The van der Waals surface area contributed by atoms with Crippen LogP contribution in [0.1, 0.15) is 44.2 Å². The van der Waals surface area contributed by atoms with Crippen molar-refractivity contribution in [3.63, 3.8) is 0 Å². The third-order valence-electron chi connectivity index (χ3n) is 4.40. The largest absolute Gasteiger partial charge is 0.481 e. The summed E-state index contributed by atoms with van der Waals surface area (Å²) in [5, 5.41) is 3.60. The van der Waals surface area contributed by atoms with Gasteiger partial charge >= 0.3 is 0 Å². The third kappa shape index (κ3) is 4.42. The number of rotatable bonds is 6. The summed E-state index contributed by atoms with van der Waals surface area (Å²) in [6.07, 6.45) is 7.08. The molecule has 1 aromatic rings. The van der Waals surface area contributed by atoms with Crippen molar-refractivity contribution in [2.75, 3.05) is 33.8 Å². The maximum absolute atomic E-state index is 5.18. The number of hydrogen-bond donors (Lipinski definition) is 1. The molecule has 0 spiro atoms. The van der Waals surface area contributed by atoms with Gasteiger partial charge in [0.15, 0.2) is 0 Å². The number of methoxy groups -OCH3 is 1. The first-order valence-corrected chi connectivity index (χ1v) is 8.17. The summed E-state index contributed by atoms with van der Waals surface area (Å²) in [6.45, 7) is 5.58. The van der Waals surface area contributed by atoms with Gasteiger partial charge in [0.25, 0.3) is 0 Å². The van der Waals surface area contributed by atoms with E-state index in [-0.39, 0.29) is 0 Å². The number of nitrogens with zero attached hydrogens (tertiary/aromatic N) is 2.